The topological polar surface area (TPSA) is 80.0 Å². The van der Waals surface area contributed by atoms with E-state index in [0.717, 1.165) is 32.2 Å². The minimum atomic E-state index is -0.313. The molecule has 2 amide bonds. The molecule has 1 aromatic carbocycles. The van der Waals surface area contributed by atoms with Crippen LogP contribution in [0.25, 0.3) is 32.2 Å². The molecule has 4 aromatic heterocycles. The van der Waals surface area contributed by atoms with E-state index in [9.17, 15) is 4.79 Å². The lowest BCUT2D eigenvalue weighted by atomic mass is 10.2. The van der Waals surface area contributed by atoms with Crippen molar-refractivity contribution in [3.63, 3.8) is 0 Å². The predicted octanol–water partition coefficient (Wildman–Crippen LogP) is 6.00. The maximum atomic E-state index is 12.2. The van der Waals surface area contributed by atoms with Gasteiger partial charge in [-0.2, -0.15) is 0 Å². The number of nitrogens with one attached hydrogen (secondary N) is 2. The molecule has 4 heterocycles. The number of nitrogens with zero attached hydrogens (tertiary/aromatic N) is 2. The molecular formula is C22H16N4O2S2. The lowest BCUT2D eigenvalue weighted by Gasteiger charge is -2.10. The van der Waals surface area contributed by atoms with Crippen molar-refractivity contribution in [1.29, 1.82) is 0 Å². The van der Waals surface area contributed by atoms with Gasteiger partial charge >= 0.3 is 6.03 Å². The fourth-order valence-corrected chi connectivity index (χ4v) is 4.49. The van der Waals surface area contributed by atoms with Crippen LogP contribution in [-0.2, 0) is 6.54 Å². The lowest BCUT2D eigenvalue weighted by molar-refractivity contribution is 0.251. The van der Waals surface area contributed by atoms with Crippen molar-refractivity contribution >= 4 is 45.4 Å². The zero-order chi connectivity index (χ0) is 20.3. The number of urea groups is 1. The molecule has 0 unspecified atom stereocenters. The van der Waals surface area contributed by atoms with Gasteiger partial charge in [-0.15, -0.1) is 22.7 Å². The summed E-state index contributed by atoms with van der Waals surface area (Å²) in [5.41, 5.74) is 3.87. The molecule has 8 heteroatoms. The molecule has 0 atom stereocenters. The molecule has 5 aromatic rings. The fourth-order valence-electron chi connectivity index (χ4n) is 3.06. The highest BCUT2D eigenvalue weighted by Crippen LogP contribution is 2.35. The van der Waals surface area contributed by atoms with Crippen LogP contribution in [0.3, 0.4) is 0 Å². The smallest absolute Gasteiger partial charge is 0.319 e. The molecule has 0 aliphatic carbocycles. The first-order valence-electron chi connectivity index (χ1n) is 9.23. The number of furan rings is 1. The molecular weight excluding hydrogens is 416 g/mol. The third-order valence-corrected chi connectivity index (χ3v) is 6.19. The van der Waals surface area contributed by atoms with Gasteiger partial charge < -0.3 is 15.1 Å². The van der Waals surface area contributed by atoms with Crippen molar-refractivity contribution in [3.05, 3.63) is 77.4 Å². The average Bonchev–Trinajstić information content (AvgIpc) is 3.54. The Labute approximate surface area is 180 Å². The number of aromatic nitrogens is 2. The van der Waals surface area contributed by atoms with Crippen molar-refractivity contribution in [2.75, 3.05) is 5.32 Å². The summed E-state index contributed by atoms with van der Waals surface area (Å²) >= 11 is 3.27. The maximum absolute atomic E-state index is 12.2. The van der Waals surface area contributed by atoms with Gasteiger partial charge in [-0.1, -0.05) is 12.1 Å². The van der Waals surface area contributed by atoms with Crippen LogP contribution in [0.1, 0.15) is 5.76 Å². The Balaban J connectivity index is 1.45. The Hall–Kier alpha value is -3.49. The molecule has 0 aliphatic rings. The van der Waals surface area contributed by atoms with E-state index in [2.05, 4.69) is 16.7 Å². The van der Waals surface area contributed by atoms with E-state index in [-0.39, 0.29) is 6.03 Å². The lowest BCUT2D eigenvalue weighted by Crippen LogP contribution is -2.27. The number of thiophene rings is 2. The number of amides is 2. The molecule has 6 nitrogen and oxygen atoms in total. The van der Waals surface area contributed by atoms with Crippen LogP contribution >= 0.6 is 22.7 Å². The van der Waals surface area contributed by atoms with Crippen LogP contribution in [-0.4, -0.2) is 16.0 Å². The van der Waals surface area contributed by atoms with Crippen LogP contribution < -0.4 is 10.6 Å². The quantitative estimate of drug-likeness (QED) is 0.357. The zero-order valence-electron chi connectivity index (χ0n) is 15.7. The highest BCUT2D eigenvalue weighted by atomic mass is 32.1. The first kappa shape index (κ1) is 18.5. The number of hydrogen-bond acceptors (Lipinski definition) is 6. The highest BCUT2D eigenvalue weighted by Gasteiger charge is 2.15. The van der Waals surface area contributed by atoms with E-state index in [4.69, 9.17) is 14.4 Å². The van der Waals surface area contributed by atoms with Crippen LogP contribution in [0.2, 0.25) is 0 Å². The second-order valence-electron chi connectivity index (χ2n) is 6.47. The molecule has 0 spiro atoms. The first-order valence-corrected chi connectivity index (χ1v) is 11.0. The summed E-state index contributed by atoms with van der Waals surface area (Å²) < 4.78 is 5.22. The van der Waals surface area contributed by atoms with Crippen molar-refractivity contribution in [2.24, 2.45) is 0 Å². The Morgan fingerprint density at radius 1 is 0.900 bits per heavy atom. The average molecular weight is 433 g/mol. The second-order valence-corrected chi connectivity index (χ2v) is 8.36. The number of benzene rings is 1. The van der Waals surface area contributed by atoms with Crippen molar-refractivity contribution in [2.45, 2.75) is 6.54 Å². The van der Waals surface area contributed by atoms with Crippen LogP contribution in [0.4, 0.5) is 10.5 Å². The van der Waals surface area contributed by atoms with Crippen LogP contribution in [0.15, 0.2) is 76.0 Å². The van der Waals surface area contributed by atoms with Gasteiger partial charge in [-0.3, -0.25) is 0 Å². The molecule has 0 fully saturated rings. The van der Waals surface area contributed by atoms with Gasteiger partial charge in [-0.05, 0) is 53.2 Å². The predicted molar refractivity (Wildman–Crippen MR) is 121 cm³/mol. The van der Waals surface area contributed by atoms with Crippen LogP contribution in [0.5, 0.6) is 0 Å². The highest BCUT2D eigenvalue weighted by molar-refractivity contribution is 7.14. The van der Waals surface area contributed by atoms with Crippen molar-refractivity contribution in [3.8, 4) is 21.1 Å². The summed E-state index contributed by atoms with van der Waals surface area (Å²) in [5, 5.41) is 9.67. The van der Waals surface area contributed by atoms with E-state index < -0.39 is 0 Å². The van der Waals surface area contributed by atoms with Gasteiger partial charge in [0.25, 0.3) is 0 Å². The number of carbonyl (C=O) groups excluding carboxylic acids is 1. The monoisotopic (exact) mass is 432 g/mol. The van der Waals surface area contributed by atoms with Crippen molar-refractivity contribution in [1.82, 2.24) is 15.3 Å². The van der Waals surface area contributed by atoms with Gasteiger partial charge in [-0.25, -0.2) is 14.8 Å². The minimum Gasteiger partial charge on any atom is -0.467 e. The fraction of sp³-hybridized carbons (Fsp3) is 0.0455. The second kappa shape index (κ2) is 8.10. The largest absolute Gasteiger partial charge is 0.467 e. The first-order chi connectivity index (χ1) is 14.8. The standard InChI is InChI=1S/C22H16N4O2S2/c27-22(23-13-15-4-1-9-28-15)24-14-7-8-16-17(12-14)26-21(19-6-3-11-30-19)20(25-16)18-5-2-10-29-18/h1-12H,13H2,(H2,23,24,27). The third-order valence-electron chi connectivity index (χ3n) is 4.43. The molecule has 0 bridgehead atoms. The Kier molecular flexibility index (Phi) is 5.00. The van der Waals surface area contributed by atoms with E-state index in [1.54, 1.807) is 35.0 Å². The van der Waals surface area contributed by atoms with E-state index in [0.29, 0.717) is 18.0 Å². The van der Waals surface area contributed by atoms with E-state index in [1.165, 1.54) is 0 Å². The Morgan fingerprint density at radius 2 is 1.63 bits per heavy atom. The molecule has 0 radical (unpaired) electrons. The molecule has 0 saturated carbocycles. The number of anilines is 1. The van der Waals surface area contributed by atoms with Gasteiger partial charge in [0.1, 0.15) is 17.1 Å². The van der Waals surface area contributed by atoms with Gasteiger partial charge in [0.05, 0.1) is 33.6 Å². The Bertz CT molecular complexity index is 1280. The van der Waals surface area contributed by atoms with Gasteiger partial charge in [0, 0.05) is 5.69 Å². The van der Waals surface area contributed by atoms with Crippen molar-refractivity contribution < 1.29 is 9.21 Å². The Morgan fingerprint density at radius 3 is 2.27 bits per heavy atom. The summed E-state index contributed by atoms with van der Waals surface area (Å²) in [6.45, 7) is 0.318. The third kappa shape index (κ3) is 3.83. The molecule has 5 rings (SSSR count). The minimum absolute atomic E-state index is 0.313. The number of fused-ring (bicyclic) bond motifs is 1. The number of hydrogen-bond donors (Lipinski definition) is 2. The maximum Gasteiger partial charge on any atom is 0.319 e. The van der Waals surface area contributed by atoms with Gasteiger partial charge in [0.2, 0.25) is 0 Å². The van der Waals surface area contributed by atoms with Gasteiger partial charge in [0.15, 0.2) is 0 Å². The van der Waals surface area contributed by atoms with E-state index >= 15 is 0 Å². The summed E-state index contributed by atoms with van der Waals surface area (Å²) in [6, 6.07) is 16.9. The zero-order valence-corrected chi connectivity index (χ0v) is 17.3. The summed E-state index contributed by atoms with van der Waals surface area (Å²) in [6.07, 6.45) is 1.58. The molecule has 148 valence electrons. The normalized spacial score (nSPS) is 10.9. The number of rotatable bonds is 5. The summed E-state index contributed by atoms with van der Waals surface area (Å²) in [7, 11) is 0. The summed E-state index contributed by atoms with van der Waals surface area (Å²) in [4.78, 5) is 24.1. The molecule has 0 aliphatic heterocycles. The molecule has 30 heavy (non-hydrogen) atoms. The SMILES string of the molecule is O=C(NCc1ccco1)Nc1ccc2nc(-c3cccs3)c(-c3cccs3)nc2c1. The molecule has 2 N–H and O–H groups in total. The molecule has 0 saturated heterocycles. The van der Waals surface area contributed by atoms with Crippen LogP contribution in [0, 0.1) is 0 Å². The summed E-state index contributed by atoms with van der Waals surface area (Å²) in [5.74, 6) is 0.691. The van der Waals surface area contributed by atoms with E-state index in [1.807, 2.05) is 53.2 Å². The number of carbonyl (C=O) groups is 1.